The molecule has 7 heteroatoms. The Labute approximate surface area is 171 Å². The van der Waals surface area contributed by atoms with E-state index in [-0.39, 0.29) is 12.3 Å². The van der Waals surface area contributed by atoms with Gasteiger partial charge in [-0.3, -0.25) is 9.59 Å². The number of carbonyl (C=O) groups is 2. The number of carboxylic acids is 1. The van der Waals surface area contributed by atoms with Crippen LogP contribution in [0.5, 0.6) is 0 Å². The number of halogens is 2. The highest BCUT2D eigenvalue weighted by molar-refractivity contribution is 6.35. The highest BCUT2D eigenvalue weighted by Crippen LogP contribution is 2.28. The minimum Gasteiger partial charge on any atom is -0.481 e. The van der Waals surface area contributed by atoms with E-state index < -0.39 is 5.97 Å². The van der Waals surface area contributed by atoms with Crippen molar-refractivity contribution in [3.05, 3.63) is 82.0 Å². The maximum Gasteiger partial charge on any atom is 0.307 e. The average molecular weight is 416 g/mol. The predicted octanol–water partition coefficient (Wildman–Crippen LogP) is 5.53. The number of amides is 1. The van der Waals surface area contributed by atoms with Gasteiger partial charge >= 0.3 is 5.97 Å². The molecule has 0 saturated carbocycles. The molecule has 0 spiro atoms. The number of carboxylic acid groups (broad SMARTS) is 1. The first-order valence-electron chi connectivity index (χ1n) is 8.25. The molecule has 0 bridgehead atoms. The second-order valence-corrected chi connectivity index (χ2v) is 6.82. The Morgan fingerprint density at radius 3 is 2.32 bits per heavy atom. The van der Waals surface area contributed by atoms with Crippen LogP contribution in [0.3, 0.4) is 0 Å². The third-order valence-corrected chi connectivity index (χ3v) is 4.19. The van der Waals surface area contributed by atoms with Gasteiger partial charge in [-0.1, -0.05) is 35.3 Å². The van der Waals surface area contributed by atoms with Crippen LogP contribution in [0.25, 0.3) is 17.4 Å². The fourth-order valence-electron chi connectivity index (χ4n) is 2.52. The van der Waals surface area contributed by atoms with Gasteiger partial charge in [0.1, 0.15) is 11.5 Å². The largest absolute Gasteiger partial charge is 0.481 e. The number of nitrogens with one attached hydrogen (secondary N) is 1. The van der Waals surface area contributed by atoms with Crippen molar-refractivity contribution in [3.63, 3.8) is 0 Å². The van der Waals surface area contributed by atoms with Crippen LogP contribution in [0.15, 0.2) is 65.1 Å². The van der Waals surface area contributed by atoms with Crippen molar-refractivity contribution in [2.75, 3.05) is 5.32 Å². The molecule has 0 atom stereocenters. The van der Waals surface area contributed by atoms with Gasteiger partial charge in [-0.05, 0) is 54.1 Å². The smallest absolute Gasteiger partial charge is 0.307 e. The number of hydrogen-bond acceptors (Lipinski definition) is 3. The van der Waals surface area contributed by atoms with E-state index in [1.807, 2.05) is 0 Å². The average Bonchev–Trinajstić information content (AvgIpc) is 3.09. The van der Waals surface area contributed by atoms with Crippen molar-refractivity contribution in [2.45, 2.75) is 6.42 Å². The lowest BCUT2D eigenvalue weighted by atomic mass is 10.1. The summed E-state index contributed by atoms with van der Waals surface area (Å²) in [7, 11) is 0. The minimum absolute atomic E-state index is 0.0627. The summed E-state index contributed by atoms with van der Waals surface area (Å²) in [5, 5.41) is 12.5. The van der Waals surface area contributed by atoms with Crippen molar-refractivity contribution >= 4 is 46.8 Å². The summed E-state index contributed by atoms with van der Waals surface area (Å²) in [5.41, 5.74) is 1.96. The van der Waals surface area contributed by atoms with Crippen molar-refractivity contribution in [3.8, 4) is 11.3 Å². The number of rotatable bonds is 6. The maximum absolute atomic E-state index is 12.0. The lowest BCUT2D eigenvalue weighted by molar-refractivity contribution is -0.136. The van der Waals surface area contributed by atoms with Crippen LogP contribution >= 0.6 is 23.2 Å². The van der Waals surface area contributed by atoms with Gasteiger partial charge in [-0.2, -0.15) is 0 Å². The predicted molar refractivity (Wildman–Crippen MR) is 110 cm³/mol. The van der Waals surface area contributed by atoms with E-state index in [1.165, 1.54) is 6.08 Å². The van der Waals surface area contributed by atoms with Crippen molar-refractivity contribution < 1.29 is 19.1 Å². The molecule has 28 heavy (non-hydrogen) atoms. The first-order chi connectivity index (χ1) is 13.4. The molecule has 142 valence electrons. The number of furan rings is 1. The summed E-state index contributed by atoms with van der Waals surface area (Å²) in [6.07, 6.45) is 2.83. The molecular formula is C21H15Cl2NO4. The first-order valence-corrected chi connectivity index (χ1v) is 9.01. The molecule has 0 aliphatic carbocycles. The highest BCUT2D eigenvalue weighted by Gasteiger charge is 2.07. The number of hydrogen-bond donors (Lipinski definition) is 2. The summed E-state index contributed by atoms with van der Waals surface area (Å²) < 4.78 is 5.69. The Hall–Kier alpha value is -3.02. The molecule has 0 fully saturated rings. The monoisotopic (exact) mass is 415 g/mol. The molecule has 1 heterocycles. The van der Waals surface area contributed by atoms with Crippen LogP contribution in [-0.2, 0) is 16.0 Å². The molecule has 2 aromatic carbocycles. The summed E-state index contributed by atoms with van der Waals surface area (Å²) >= 11 is 12.0. The van der Waals surface area contributed by atoms with E-state index in [1.54, 1.807) is 60.7 Å². The molecule has 0 saturated heterocycles. The van der Waals surface area contributed by atoms with E-state index in [0.29, 0.717) is 32.8 Å². The zero-order valence-electron chi connectivity index (χ0n) is 14.5. The fraction of sp³-hybridized carbons (Fsp3) is 0.0476. The summed E-state index contributed by atoms with van der Waals surface area (Å²) in [5.74, 6) is -0.163. The van der Waals surface area contributed by atoms with E-state index in [0.717, 1.165) is 5.56 Å². The van der Waals surface area contributed by atoms with Crippen molar-refractivity contribution in [2.24, 2.45) is 0 Å². The van der Waals surface area contributed by atoms with Crippen LogP contribution in [0.4, 0.5) is 5.69 Å². The number of carbonyl (C=O) groups excluding carboxylic acids is 1. The lowest BCUT2D eigenvalue weighted by Gasteiger charge is -2.03. The quantitative estimate of drug-likeness (QED) is 0.518. The van der Waals surface area contributed by atoms with Gasteiger partial charge in [-0.25, -0.2) is 0 Å². The molecule has 0 unspecified atom stereocenters. The van der Waals surface area contributed by atoms with Crippen LogP contribution in [0.2, 0.25) is 10.0 Å². The Morgan fingerprint density at radius 2 is 1.68 bits per heavy atom. The molecule has 1 aromatic heterocycles. The SMILES string of the molecule is O=C(O)Cc1ccc(NC(=O)/C=C/c2ccc(-c3cc(Cl)cc(Cl)c3)o2)cc1. The van der Waals surface area contributed by atoms with E-state index >= 15 is 0 Å². The zero-order valence-corrected chi connectivity index (χ0v) is 16.0. The third kappa shape index (κ3) is 5.49. The van der Waals surface area contributed by atoms with E-state index in [4.69, 9.17) is 32.7 Å². The molecule has 1 amide bonds. The van der Waals surface area contributed by atoms with Gasteiger partial charge < -0.3 is 14.8 Å². The fourth-order valence-corrected chi connectivity index (χ4v) is 3.04. The molecule has 0 aliphatic rings. The molecule has 0 aliphatic heterocycles. The Bertz CT molecular complexity index is 1020. The number of benzene rings is 2. The van der Waals surface area contributed by atoms with Crippen LogP contribution < -0.4 is 5.32 Å². The minimum atomic E-state index is -0.905. The van der Waals surface area contributed by atoms with Gasteiger partial charge in [0.2, 0.25) is 5.91 Å². The molecule has 0 radical (unpaired) electrons. The molecule has 2 N–H and O–H groups in total. The highest BCUT2D eigenvalue weighted by atomic mass is 35.5. The number of anilines is 1. The Kier molecular flexibility index (Phi) is 6.19. The third-order valence-electron chi connectivity index (χ3n) is 3.75. The van der Waals surface area contributed by atoms with Crippen LogP contribution in [-0.4, -0.2) is 17.0 Å². The van der Waals surface area contributed by atoms with Gasteiger partial charge in [0.25, 0.3) is 0 Å². The van der Waals surface area contributed by atoms with Gasteiger partial charge in [0.15, 0.2) is 0 Å². The Balaban J connectivity index is 1.63. The normalized spacial score (nSPS) is 10.9. The standard InChI is InChI=1S/C21H15Cl2NO4/c22-15-10-14(11-16(23)12-15)19-7-5-18(28-19)6-8-20(25)24-17-3-1-13(2-4-17)9-21(26)27/h1-8,10-12H,9H2,(H,24,25)(H,26,27)/b8-6+. The molecule has 3 aromatic rings. The summed E-state index contributed by atoms with van der Waals surface area (Å²) in [6.45, 7) is 0. The summed E-state index contributed by atoms with van der Waals surface area (Å²) in [4.78, 5) is 22.7. The van der Waals surface area contributed by atoms with Gasteiger partial charge in [0, 0.05) is 27.4 Å². The zero-order chi connectivity index (χ0) is 20.1. The molecular weight excluding hydrogens is 401 g/mol. The Morgan fingerprint density at radius 1 is 1.00 bits per heavy atom. The lowest BCUT2D eigenvalue weighted by Crippen LogP contribution is -2.08. The topological polar surface area (TPSA) is 79.5 Å². The van der Waals surface area contributed by atoms with E-state index in [2.05, 4.69) is 5.32 Å². The molecule has 5 nitrogen and oxygen atoms in total. The summed E-state index contributed by atoms with van der Waals surface area (Å²) in [6, 6.07) is 15.2. The van der Waals surface area contributed by atoms with Crippen molar-refractivity contribution in [1.29, 1.82) is 0 Å². The second kappa shape index (κ2) is 8.78. The van der Waals surface area contributed by atoms with Gasteiger partial charge in [-0.15, -0.1) is 0 Å². The van der Waals surface area contributed by atoms with Crippen LogP contribution in [0, 0.1) is 0 Å². The van der Waals surface area contributed by atoms with E-state index in [9.17, 15) is 9.59 Å². The molecule has 3 rings (SSSR count). The van der Waals surface area contributed by atoms with Crippen molar-refractivity contribution in [1.82, 2.24) is 0 Å². The first kappa shape index (κ1) is 19.7. The van der Waals surface area contributed by atoms with Gasteiger partial charge in [0.05, 0.1) is 6.42 Å². The second-order valence-electron chi connectivity index (χ2n) is 5.95. The maximum atomic E-state index is 12.0. The number of aliphatic carboxylic acids is 1. The van der Waals surface area contributed by atoms with Crippen LogP contribution in [0.1, 0.15) is 11.3 Å².